The highest BCUT2D eigenvalue weighted by molar-refractivity contribution is 14.0. The van der Waals surface area contributed by atoms with Crippen LogP contribution in [0.4, 0.5) is 5.69 Å². The van der Waals surface area contributed by atoms with Gasteiger partial charge in [0.15, 0.2) is 5.96 Å². The Morgan fingerprint density at radius 1 is 1.24 bits per heavy atom. The molecule has 0 saturated heterocycles. The number of nitro groups is 1. The Labute approximate surface area is 164 Å². The summed E-state index contributed by atoms with van der Waals surface area (Å²) < 4.78 is 26.6. The summed E-state index contributed by atoms with van der Waals surface area (Å²) in [5.74, 6) is 0.595. The van der Waals surface area contributed by atoms with Crippen molar-refractivity contribution in [2.75, 3.05) is 26.7 Å². The van der Waals surface area contributed by atoms with Crippen LogP contribution in [0.15, 0.2) is 34.2 Å². The molecule has 9 nitrogen and oxygen atoms in total. The van der Waals surface area contributed by atoms with Gasteiger partial charge in [-0.15, -0.1) is 24.0 Å². The normalized spacial score (nSPS) is 11.5. The number of unbranched alkanes of at least 4 members (excludes halogenated alkanes) is 1. The molecule has 0 saturated carbocycles. The maximum atomic E-state index is 12.1. The lowest BCUT2D eigenvalue weighted by Gasteiger charge is -2.12. The zero-order valence-corrected chi connectivity index (χ0v) is 17.3. The number of nitrogens with zero attached hydrogens (tertiary/aromatic N) is 2. The van der Waals surface area contributed by atoms with Crippen LogP contribution in [0.5, 0.6) is 0 Å². The average Bonchev–Trinajstić information content (AvgIpc) is 2.57. The Hall–Kier alpha value is -1.47. The van der Waals surface area contributed by atoms with Crippen LogP contribution in [0.25, 0.3) is 0 Å². The molecule has 142 valence electrons. The van der Waals surface area contributed by atoms with Crippen molar-refractivity contribution in [3.63, 3.8) is 0 Å². The zero-order chi connectivity index (χ0) is 18.0. The van der Waals surface area contributed by atoms with Gasteiger partial charge in [-0.3, -0.25) is 15.1 Å². The van der Waals surface area contributed by atoms with Crippen LogP contribution in [0.3, 0.4) is 0 Å². The van der Waals surface area contributed by atoms with Crippen molar-refractivity contribution in [1.29, 1.82) is 0 Å². The highest BCUT2D eigenvalue weighted by atomic mass is 127. The molecule has 0 aliphatic rings. The number of nitrogens with one attached hydrogen (secondary N) is 3. The fourth-order valence-corrected chi connectivity index (χ4v) is 2.89. The van der Waals surface area contributed by atoms with Gasteiger partial charge in [-0.05, 0) is 12.5 Å². The molecule has 3 N–H and O–H groups in total. The summed E-state index contributed by atoms with van der Waals surface area (Å²) in [7, 11) is -2.16. The van der Waals surface area contributed by atoms with Crippen LogP contribution in [-0.2, 0) is 10.0 Å². The number of nitro benzene ring substituents is 1. The molecule has 0 unspecified atom stereocenters. The highest BCUT2D eigenvalue weighted by Crippen LogP contribution is 2.16. The Kier molecular flexibility index (Phi) is 11.3. The van der Waals surface area contributed by atoms with E-state index in [-0.39, 0.29) is 41.1 Å². The van der Waals surface area contributed by atoms with E-state index in [4.69, 9.17) is 0 Å². The van der Waals surface area contributed by atoms with Crippen molar-refractivity contribution < 1.29 is 13.3 Å². The summed E-state index contributed by atoms with van der Waals surface area (Å²) in [4.78, 5) is 14.0. The van der Waals surface area contributed by atoms with Gasteiger partial charge in [0.25, 0.3) is 5.69 Å². The predicted octanol–water partition coefficient (Wildman–Crippen LogP) is 1.46. The smallest absolute Gasteiger partial charge is 0.270 e. The lowest BCUT2D eigenvalue weighted by molar-refractivity contribution is -0.385. The van der Waals surface area contributed by atoms with E-state index >= 15 is 0 Å². The maximum Gasteiger partial charge on any atom is 0.270 e. The number of aliphatic imine (C=N–C) groups is 1. The van der Waals surface area contributed by atoms with Crippen LogP contribution in [0.1, 0.15) is 19.8 Å². The van der Waals surface area contributed by atoms with Gasteiger partial charge in [0.1, 0.15) is 0 Å². The number of benzene rings is 1. The van der Waals surface area contributed by atoms with Gasteiger partial charge >= 0.3 is 0 Å². The molecule has 0 fully saturated rings. The Morgan fingerprint density at radius 2 is 1.92 bits per heavy atom. The molecule has 0 atom stereocenters. The van der Waals surface area contributed by atoms with Gasteiger partial charge < -0.3 is 10.6 Å². The predicted molar refractivity (Wildman–Crippen MR) is 108 cm³/mol. The molecule has 0 aliphatic carbocycles. The van der Waals surface area contributed by atoms with Gasteiger partial charge in [-0.2, -0.15) is 0 Å². The Morgan fingerprint density at radius 3 is 2.52 bits per heavy atom. The van der Waals surface area contributed by atoms with Crippen molar-refractivity contribution in [3.05, 3.63) is 34.4 Å². The van der Waals surface area contributed by atoms with Crippen molar-refractivity contribution in [2.45, 2.75) is 24.7 Å². The van der Waals surface area contributed by atoms with E-state index in [0.717, 1.165) is 25.5 Å². The quantitative estimate of drug-likeness (QED) is 0.121. The third-order valence-corrected chi connectivity index (χ3v) is 4.55. The summed E-state index contributed by atoms with van der Waals surface area (Å²) in [6.07, 6.45) is 2.08. The average molecular weight is 485 g/mol. The van der Waals surface area contributed by atoms with Crippen molar-refractivity contribution in [3.8, 4) is 0 Å². The minimum Gasteiger partial charge on any atom is -0.356 e. The molecular weight excluding hydrogens is 461 g/mol. The lowest BCUT2D eigenvalue weighted by atomic mass is 10.3. The molecule has 11 heteroatoms. The molecule has 1 aromatic rings. The summed E-state index contributed by atoms with van der Waals surface area (Å²) in [6.45, 7) is 3.33. The number of sulfonamides is 1. The molecule has 1 rings (SSSR count). The van der Waals surface area contributed by atoms with E-state index < -0.39 is 14.9 Å². The first-order chi connectivity index (χ1) is 11.4. The van der Waals surface area contributed by atoms with E-state index in [1.54, 1.807) is 7.05 Å². The van der Waals surface area contributed by atoms with Crippen LogP contribution in [0.2, 0.25) is 0 Å². The SMILES string of the molecule is CCCCNC(=NC)NCCNS(=O)(=O)c1cccc([N+](=O)[O-])c1.I. The molecule has 0 radical (unpaired) electrons. The summed E-state index contributed by atoms with van der Waals surface area (Å²) in [6, 6.07) is 4.92. The first kappa shape index (κ1) is 23.5. The minimum atomic E-state index is -3.80. The number of hydrogen-bond donors (Lipinski definition) is 3. The molecule has 25 heavy (non-hydrogen) atoms. The second-order valence-electron chi connectivity index (χ2n) is 4.93. The zero-order valence-electron chi connectivity index (χ0n) is 14.2. The number of rotatable bonds is 9. The Balaban J connectivity index is 0.00000576. The molecular formula is C14H24IN5O4S. The van der Waals surface area contributed by atoms with Gasteiger partial charge in [0.05, 0.1) is 9.82 Å². The van der Waals surface area contributed by atoms with Gasteiger partial charge in [-0.25, -0.2) is 13.1 Å². The van der Waals surface area contributed by atoms with Crippen LogP contribution < -0.4 is 15.4 Å². The Bertz CT molecular complexity index is 682. The molecule has 0 aromatic heterocycles. The summed E-state index contributed by atoms with van der Waals surface area (Å²) in [5.41, 5.74) is -0.267. The largest absolute Gasteiger partial charge is 0.356 e. The number of halogens is 1. The highest BCUT2D eigenvalue weighted by Gasteiger charge is 2.16. The van der Waals surface area contributed by atoms with Crippen molar-refractivity contribution in [1.82, 2.24) is 15.4 Å². The first-order valence-electron chi connectivity index (χ1n) is 7.59. The second-order valence-corrected chi connectivity index (χ2v) is 6.70. The number of hydrogen-bond acceptors (Lipinski definition) is 5. The molecule has 0 spiro atoms. The monoisotopic (exact) mass is 485 g/mol. The molecule has 0 amide bonds. The minimum absolute atomic E-state index is 0. The van der Waals surface area contributed by atoms with E-state index in [9.17, 15) is 18.5 Å². The standard InChI is InChI=1S/C14H23N5O4S.HI/c1-3-4-8-16-14(15-2)17-9-10-18-24(22,23)13-7-5-6-12(11-13)19(20)21;/h5-7,11,18H,3-4,8-10H2,1-2H3,(H2,15,16,17);1H. The topological polar surface area (TPSA) is 126 Å². The summed E-state index contributed by atoms with van der Waals surface area (Å²) in [5, 5.41) is 16.8. The third-order valence-electron chi connectivity index (χ3n) is 3.09. The second kappa shape index (κ2) is 12.0. The van der Waals surface area contributed by atoms with E-state index in [1.807, 2.05) is 0 Å². The van der Waals surface area contributed by atoms with Crippen molar-refractivity contribution >= 4 is 45.6 Å². The lowest BCUT2D eigenvalue weighted by Crippen LogP contribution is -2.41. The van der Waals surface area contributed by atoms with Crippen LogP contribution in [0, 0.1) is 10.1 Å². The number of guanidine groups is 1. The molecule has 0 aliphatic heterocycles. The fourth-order valence-electron chi connectivity index (χ4n) is 1.82. The van der Waals surface area contributed by atoms with E-state index in [1.165, 1.54) is 18.2 Å². The van der Waals surface area contributed by atoms with Crippen LogP contribution >= 0.6 is 24.0 Å². The summed E-state index contributed by atoms with van der Waals surface area (Å²) >= 11 is 0. The van der Waals surface area contributed by atoms with Crippen LogP contribution in [-0.4, -0.2) is 46.0 Å². The number of non-ortho nitro benzene ring substituents is 1. The van der Waals surface area contributed by atoms with Gasteiger partial charge in [-0.1, -0.05) is 19.4 Å². The fraction of sp³-hybridized carbons (Fsp3) is 0.500. The maximum absolute atomic E-state index is 12.1. The molecule has 0 bridgehead atoms. The van der Waals surface area contributed by atoms with E-state index in [0.29, 0.717) is 12.5 Å². The van der Waals surface area contributed by atoms with Gasteiger partial charge in [0, 0.05) is 38.8 Å². The first-order valence-corrected chi connectivity index (χ1v) is 9.07. The van der Waals surface area contributed by atoms with Gasteiger partial charge in [0.2, 0.25) is 10.0 Å². The molecule has 0 heterocycles. The van der Waals surface area contributed by atoms with Crippen molar-refractivity contribution in [2.24, 2.45) is 4.99 Å². The van der Waals surface area contributed by atoms with E-state index in [2.05, 4.69) is 27.3 Å². The third kappa shape index (κ3) is 8.45. The molecule has 1 aromatic carbocycles.